The highest BCUT2D eigenvalue weighted by Gasteiger charge is 2.41. The monoisotopic (exact) mass is 806 g/mol. The summed E-state index contributed by atoms with van der Waals surface area (Å²) in [7, 11) is 4.39. The minimum absolute atomic E-state index is 0.0710. The minimum atomic E-state index is -0.912. The first-order valence-corrected chi connectivity index (χ1v) is 20.5. The summed E-state index contributed by atoms with van der Waals surface area (Å²) in [6.45, 7) is 9.86. The molecule has 0 saturated carbocycles. The van der Waals surface area contributed by atoms with E-state index in [4.69, 9.17) is 28.9 Å². The predicted molar refractivity (Wildman–Crippen MR) is 222 cm³/mol. The Balaban J connectivity index is 1.04. The van der Waals surface area contributed by atoms with Gasteiger partial charge in [0.25, 0.3) is 0 Å². The normalized spacial score (nSPS) is 20.4. The van der Waals surface area contributed by atoms with Gasteiger partial charge < -0.3 is 44.0 Å². The molecule has 6 unspecified atom stereocenters. The lowest BCUT2D eigenvalue weighted by Crippen LogP contribution is -2.54. The fraction of sp³-hybridized carbons (Fsp3) is 0.477. The highest BCUT2D eigenvalue weighted by Crippen LogP contribution is 2.43. The van der Waals surface area contributed by atoms with Crippen molar-refractivity contribution >= 4 is 39.7 Å². The van der Waals surface area contributed by atoms with Crippen molar-refractivity contribution in [1.82, 2.24) is 40.4 Å². The number of H-pyrrole nitrogens is 2. The highest BCUT2D eigenvalue weighted by molar-refractivity contribution is 6.07. The number of carbonyl (C=O) groups excluding carboxylic acids is 3. The van der Waals surface area contributed by atoms with Crippen molar-refractivity contribution in [2.75, 3.05) is 41.1 Å². The number of alkyl carbamates (subject to hydrolysis) is 1. The number of methoxy groups -OCH3 is 3. The summed E-state index contributed by atoms with van der Waals surface area (Å²) in [5.74, 6) is 2.45. The van der Waals surface area contributed by atoms with Gasteiger partial charge in [-0.1, -0.05) is 39.0 Å². The number of nitrogens with zero attached hydrogens (tertiary/aromatic N) is 4. The first-order chi connectivity index (χ1) is 28.5. The number of aromatic amines is 2. The minimum Gasteiger partial charge on any atom is -0.488 e. The Morgan fingerprint density at radius 1 is 0.949 bits per heavy atom. The van der Waals surface area contributed by atoms with Crippen molar-refractivity contribution < 1.29 is 33.3 Å². The average Bonchev–Trinajstić information content (AvgIpc) is 4.07. The number of amides is 3. The molecule has 5 heterocycles. The smallest absolute Gasteiger partial charge is 0.407 e. The van der Waals surface area contributed by atoms with Crippen LogP contribution in [-0.2, 0) is 30.4 Å². The van der Waals surface area contributed by atoms with Crippen LogP contribution < -0.4 is 15.4 Å². The van der Waals surface area contributed by atoms with E-state index >= 15 is 0 Å². The summed E-state index contributed by atoms with van der Waals surface area (Å²) in [6.07, 6.45) is 3.04. The molecule has 5 aromatic rings. The van der Waals surface area contributed by atoms with Crippen LogP contribution in [0.4, 0.5) is 4.79 Å². The zero-order chi connectivity index (χ0) is 41.5. The molecule has 0 radical (unpaired) electrons. The first kappa shape index (κ1) is 40.3. The number of fused-ring (bicyclic) bond motifs is 6. The molecule has 4 N–H and O–H groups in total. The molecule has 3 aliphatic rings. The molecule has 6 atom stereocenters. The second-order valence-electron chi connectivity index (χ2n) is 16.4. The molecule has 3 aliphatic heterocycles. The lowest BCUT2D eigenvalue weighted by atomic mass is 9.92. The zero-order valence-corrected chi connectivity index (χ0v) is 34.8. The zero-order valence-electron chi connectivity index (χ0n) is 34.8. The standard InChI is InChI=1S/C44H54N8O7/c1-23(2)37(46-22-56-5)42(53)51-14-8-9-34(51)41-47-32-13-11-26-17-31-29-12-10-27(16-28(29)21-59-36(31)18-30(26)39(32)49-41)33-19-45-40(48-33)35-15-24(3)20-52(35)43(54)38(25(4)57-6)50-44(55)58-7/h10-13,16-19,23-25,34-35,37-38,46H,8-9,14-15,20-22H2,1-7H3,(H,45,48)(H,47,49)(H,50,55). The summed E-state index contributed by atoms with van der Waals surface area (Å²) in [5.41, 5.74) is 6.73. The summed E-state index contributed by atoms with van der Waals surface area (Å²) in [4.78, 5) is 60.4. The molecule has 3 amide bonds. The number of ether oxygens (including phenoxy) is 4. The first-order valence-electron chi connectivity index (χ1n) is 20.5. The topological polar surface area (TPSA) is 176 Å². The van der Waals surface area contributed by atoms with Crippen molar-refractivity contribution in [3.63, 3.8) is 0 Å². The van der Waals surface area contributed by atoms with Crippen LogP contribution in [-0.4, -0.2) is 107 Å². The van der Waals surface area contributed by atoms with E-state index in [0.717, 1.165) is 80.6 Å². The number of imidazole rings is 2. The van der Waals surface area contributed by atoms with Gasteiger partial charge in [-0.2, -0.15) is 0 Å². The molecule has 2 fully saturated rings. The second-order valence-corrected chi connectivity index (χ2v) is 16.4. The van der Waals surface area contributed by atoms with Gasteiger partial charge in [0.1, 0.15) is 30.0 Å². The summed E-state index contributed by atoms with van der Waals surface area (Å²) in [6, 6.07) is 13.1. The molecular formula is C44H54N8O7. The van der Waals surface area contributed by atoms with E-state index in [-0.39, 0.29) is 41.8 Å². The van der Waals surface area contributed by atoms with Crippen molar-refractivity contribution in [2.24, 2.45) is 11.8 Å². The third kappa shape index (κ3) is 7.62. The number of carbonyl (C=O) groups is 3. The van der Waals surface area contributed by atoms with Crippen molar-refractivity contribution in [3.05, 3.63) is 65.9 Å². The highest BCUT2D eigenvalue weighted by atomic mass is 16.5. The molecule has 15 nitrogen and oxygen atoms in total. The van der Waals surface area contributed by atoms with Crippen LogP contribution in [0.3, 0.4) is 0 Å². The molecule has 0 spiro atoms. The third-order valence-electron chi connectivity index (χ3n) is 12.2. The SMILES string of the molecule is COCNC(C(=O)N1CCCC1c1nc2c(ccc3cc4c(cc32)OCc2cc(-c3cnc(C5CC(C)CN5C(=O)C(NC(=O)OC)C(C)OC)[nH]3)ccc2-4)[nH]1)C(C)C. The van der Waals surface area contributed by atoms with E-state index in [0.29, 0.717) is 32.3 Å². The van der Waals surface area contributed by atoms with E-state index in [2.05, 4.69) is 70.0 Å². The molecule has 0 bridgehead atoms. The van der Waals surface area contributed by atoms with Gasteiger partial charge in [0.2, 0.25) is 11.8 Å². The van der Waals surface area contributed by atoms with Gasteiger partial charge in [-0.25, -0.2) is 14.8 Å². The van der Waals surface area contributed by atoms with E-state index in [1.165, 1.54) is 14.2 Å². The van der Waals surface area contributed by atoms with E-state index < -0.39 is 18.2 Å². The molecule has 2 aromatic heterocycles. The molecule has 2 saturated heterocycles. The van der Waals surface area contributed by atoms with Crippen LogP contribution in [0.1, 0.15) is 76.3 Å². The molecule has 312 valence electrons. The average molecular weight is 807 g/mol. The number of hydrogen-bond donors (Lipinski definition) is 4. The van der Waals surface area contributed by atoms with Crippen LogP contribution in [0.25, 0.3) is 44.2 Å². The summed E-state index contributed by atoms with van der Waals surface area (Å²) >= 11 is 0. The summed E-state index contributed by atoms with van der Waals surface area (Å²) < 4.78 is 21.9. The maximum atomic E-state index is 13.9. The second kappa shape index (κ2) is 16.6. The summed E-state index contributed by atoms with van der Waals surface area (Å²) in [5, 5.41) is 7.94. The Labute approximate surface area is 343 Å². The fourth-order valence-electron chi connectivity index (χ4n) is 8.99. The van der Waals surface area contributed by atoms with Crippen LogP contribution in [0.2, 0.25) is 0 Å². The van der Waals surface area contributed by atoms with Gasteiger partial charge in [0.05, 0.1) is 61.0 Å². The number of hydrogen-bond acceptors (Lipinski definition) is 10. The van der Waals surface area contributed by atoms with Crippen LogP contribution in [0.15, 0.2) is 48.7 Å². The Hall–Kier alpha value is -5.51. The van der Waals surface area contributed by atoms with E-state index in [1.807, 2.05) is 18.7 Å². The fourth-order valence-corrected chi connectivity index (χ4v) is 8.99. The quantitative estimate of drug-likeness (QED) is 0.106. The van der Waals surface area contributed by atoms with Crippen LogP contribution >= 0.6 is 0 Å². The van der Waals surface area contributed by atoms with Crippen LogP contribution in [0, 0.1) is 11.8 Å². The van der Waals surface area contributed by atoms with Crippen molar-refractivity contribution in [1.29, 1.82) is 0 Å². The van der Waals surface area contributed by atoms with Gasteiger partial charge in [-0.05, 0) is 84.4 Å². The number of rotatable bonds is 12. The molecular weight excluding hydrogens is 753 g/mol. The van der Waals surface area contributed by atoms with Crippen molar-refractivity contribution in [2.45, 2.75) is 83.8 Å². The van der Waals surface area contributed by atoms with Gasteiger partial charge in [0.15, 0.2) is 0 Å². The Kier molecular flexibility index (Phi) is 11.3. The third-order valence-corrected chi connectivity index (χ3v) is 12.2. The van der Waals surface area contributed by atoms with Crippen LogP contribution in [0.5, 0.6) is 5.75 Å². The largest absolute Gasteiger partial charge is 0.488 e. The number of aromatic nitrogens is 4. The van der Waals surface area contributed by atoms with E-state index in [9.17, 15) is 14.4 Å². The Bertz CT molecular complexity index is 2370. The van der Waals surface area contributed by atoms with Gasteiger partial charge >= 0.3 is 6.09 Å². The molecule has 15 heteroatoms. The Morgan fingerprint density at radius 3 is 2.53 bits per heavy atom. The molecule has 3 aromatic carbocycles. The van der Waals surface area contributed by atoms with Crippen molar-refractivity contribution in [3.8, 4) is 28.1 Å². The molecule has 8 rings (SSSR count). The predicted octanol–water partition coefficient (Wildman–Crippen LogP) is 6.22. The number of likely N-dealkylation sites (tertiary alicyclic amines) is 2. The maximum absolute atomic E-state index is 13.9. The van der Waals surface area contributed by atoms with Gasteiger partial charge in [-0.3, -0.25) is 14.9 Å². The van der Waals surface area contributed by atoms with E-state index in [1.54, 1.807) is 25.1 Å². The molecule has 59 heavy (non-hydrogen) atoms. The maximum Gasteiger partial charge on any atom is 0.407 e. The lowest BCUT2D eigenvalue weighted by molar-refractivity contribution is -0.138. The number of nitrogens with one attached hydrogen (secondary N) is 4. The Morgan fingerprint density at radius 2 is 1.76 bits per heavy atom. The molecule has 0 aliphatic carbocycles. The van der Waals surface area contributed by atoms with Gasteiger partial charge in [-0.15, -0.1) is 0 Å². The number of benzene rings is 3. The van der Waals surface area contributed by atoms with Gasteiger partial charge in [0, 0.05) is 38.3 Å². The lowest BCUT2D eigenvalue weighted by Gasteiger charge is -2.30.